The van der Waals surface area contributed by atoms with Crippen molar-refractivity contribution in [1.29, 1.82) is 0 Å². The summed E-state index contributed by atoms with van der Waals surface area (Å²) in [7, 11) is 0. The molecular formula is C24H22ClN3O2. The molecule has 152 valence electrons. The van der Waals surface area contributed by atoms with Gasteiger partial charge in [0, 0.05) is 22.7 Å². The minimum atomic E-state index is -0.229. The predicted molar refractivity (Wildman–Crippen MR) is 121 cm³/mol. The van der Waals surface area contributed by atoms with Gasteiger partial charge in [0.25, 0.3) is 5.91 Å². The van der Waals surface area contributed by atoms with Crippen molar-refractivity contribution in [1.82, 2.24) is 5.43 Å². The molecule has 0 saturated heterocycles. The molecule has 0 bridgehead atoms. The minimum absolute atomic E-state index is 0.148. The Morgan fingerprint density at radius 2 is 1.63 bits per heavy atom. The van der Waals surface area contributed by atoms with E-state index in [4.69, 9.17) is 11.6 Å². The fourth-order valence-electron chi connectivity index (χ4n) is 2.80. The lowest BCUT2D eigenvalue weighted by Gasteiger charge is -2.08. The second-order valence-electron chi connectivity index (χ2n) is 6.76. The summed E-state index contributed by atoms with van der Waals surface area (Å²) in [5.41, 5.74) is 6.29. The Balaban J connectivity index is 1.58. The summed E-state index contributed by atoms with van der Waals surface area (Å²) in [4.78, 5) is 24.4. The number of aryl methyl sites for hydroxylation is 1. The van der Waals surface area contributed by atoms with Crippen LogP contribution in [0.5, 0.6) is 0 Å². The Hall–Kier alpha value is -3.44. The van der Waals surface area contributed by atoms with E-state index in [1.54, 1.807) is 37.3 Å². The number of benzene rings is 3. The number of carbonyl (C=O) groups excluding carboxylic acids is 2. The molecule has 6 heteroatoms. The van der Waals surface area contributed by atoms with Crippen LogP contribution >= 0.6 is 11.6 Å². The molecule has 0 aliphatic rings. The van der Waals surface area contributed by atoms with Gasteiger partial charge in [-0.05, 0) is 60.9 Å². The van der Waals surface area contributed by atoms with Crippen LogP contribution in [-0.2, 0) is 11.2 Å². The molecule has 3 rings (SSSR count). The number of hydrazone groups is 1. The average molecular weight is 420 g/mol. The normalized spacial score (nSPS) is 11.1. The fourth-order valence-corrected chi connectivity index (χ4v) is 2.92. The molecule has 0 aliphatic heterocycles. The number of anilines is 1. The van der Waals surface area contributed by atoms with Crippen LogP contribution in [0.4, 0.5) is 5.69 Å². The van der Waals surface area contributed by atoms with E-state index in [1.165, 1.54) is 0 Å². The number of amides is 2. The molecule has 30 heavy (non-hydrogen) atoms. The second-order valence-corrected chi connectivity index (χ2v) is 7.20. The number of hydrogen-bond donors (Lipinski definition) is 2. The van der Waals surface area contributed by atoms with Crippen LogP contribution in [0.15, 0.2) is 84.0 Å². The number of hydrogen-bond acceptors (Lipinski definition) is 3. The first-order valence-electron chi connectivity index (χ1n) is 9.55. The molecule has 5 nitrogen and oxygen atoms in total. The van der Waals surface area contributed by atoms with Gasteiger partial charge in [-0.1, -0.05) is 54.1 Å². The van der Waals surface area contributed by atoms with Gasteiger partial charge in [0.15, 0.2) is 0 Å². The number of halogens is 1. The van der Waals surface area contributed by atoms with Crippen LogP contribution in [0.25, 0.3) is 0 Å². The van der Waals surface area contributed by atoms with E-state index in [9.17, 15) is 9.59 Å². The van der Waals surface area contributed by atoms with Crippen molar-refractivity contribution in [2.45, 2.75) is 19.8 Å². The zero-order chi connectivity index (χ0) is 21.3. The lowest BCUT2D eigenvalue weighted by atomic mass is 10.1. The molecule has 0 saturated carbocycles. The van der Waals surface area contributed by atoms with E-state index in [1.807, 2.05) is 48.5 Å². The van der Waals surface area contributed by atoms with E-state index in [2.05, 4.69) is 15.8 Å². The summed E-state index contributed by atoms with van der Waals surface area (Å²) in [6.45, 7) is 1.80. The maximum absolute atomic E-state index is 12.4. The Kier molecular flexibility index (Phi) is 7.35. The fraction of sp³-hybridized carbons (Fsp3) is 0.125. The smallest absolute Gasteiger partial charge is 0.255 e. The minimum Gasteiger partial charge on any atom is -0.322 e. The number of nitrogens with one attached hydrogen (secondary N) is 2. The van der Waals surface area contributed by atoms with Crippen LogP contribution < -0.4 is 10.7 Å². The Morgan fingerprint density at radius 3 is 2.37 bits per heavy atom. The van der Waals surface area contributed by atoms with Crippen LogP contribution in [0.2, 0.25) is 5.02 Å². The lowest BCUT2D eigenvalue weighted by Crippen LogP contribution is -2.19. The highest BCUT2D eigenvalue weighted by molar-refractivity contribution is 6.30. The lowest BCUT2D eigenvalue weighted by molar-refractivity contribution is -0.121. The third-order valence-electron chi connectivity index (χ3n) is 4.48. The maximum atomic E-state index is 12.4. The Bertz CT molecular complexity index is 1050. The number of rotatable bonds is 7. The van der Waals surface area contributed by atoms with Crippen molar-refractivity contribution >= 4 is 34.8 Å². The standard InChI is InChI=1S/C24H22ClN3O2/c1-17(27-28-23(29)15-10-18-6-3-2-4-7-18)20-8-5-9-22(16-20)26-24(30)19-11-13-21(25)14-12-19/h2-9,11-14,16H,10,15H2,1H3,(H,26,30)(H,28,29)/b27-17-. The Morgan fingerprint density at radius 1 is 0.900 bits per heavy atom. The van der Waals surface area contributed by atoms with E-state index >= 15 is 0 Å². The highest BCUT2D eigenvalue weighted by atomic mass is 35.5. The topological polar surface area (TPSA) is 70.6 Å². The molecule has 0 spiro atoms. The van der Waals surface area contributed by atoms with E-state index in [0.29, 0.717) is 34.8 Å². The molecular weight excluding hydrogens is 398 g/mol. The summed E-state index contributed by atoms with van der Waals surface area (Å²) in [5, 5.41) is 7.61. The number of carbonyl (C=O) groups is 2. The highest BCUT2D eigenvalue weighted by Crippen LogP contribution is 2.15. The summed E-state index contributed by atoms with van der Waals surface area (Å²) >= 11 is 5.86. The van der Waals surface area contributed by atoms with Crippen LogP contribution in [0, 0.1) is 0 Å². The molecule has 0 heterocycles. The van der Waals surface area contributed by atoms with Gasteiger partial charge in [-0.2, -0.15) is 5.10 Å². The van der Waals surface area contributed by atoms with Gasteiger partial charge in [-0.25, -0.2) is 5.43 Å². The van der Waals surface area contributed by atoms with Crippen LogP contribution in [0.1, 0.15) is 34.8 Å². The van der Waals surface area contributed by atoms with Gasteiger partial charge < -0.3 is 5.32 Å². The monoisotopic (exact) mass is 419 g/mol. The van der Waals surface area contributed by atoms with Crippen molar-refractivity contribution < 1.29 is 9.59 Å². The summed E-state index contributed by atoms with van der Waals surface area (Å²) in [6, 6.07) is 23.8. The maximum Gasteiger partial charge on any atom is 0.255 e. The highest BCUT2D eigenvalue weighted by Gasteiger charge is 2.08. The summed E-state index contributed by atoms with van der Waals surface area (Å²) < 4.78 is 0. The molecule has 0 aliphatic carbocycles. The summed E-state index contributed by atoms with van der Waals surface area (Å²) in [5.74, 6) is -0.377. The largest absolute Gasteiger partial charge is 0.322 e. The van der Waals surface area contributed by atoms with Crippen molar-refractivity contribution in [3.05, 3.63) is 101 Å². The molecule has 0 fully saturated rings. The zero-order valence-electron chi connectivity index (χ0n) is 16.6. The predicted octanol–water partition coefficient (Wildman–Crippen LogP) is 5.07. The Labute approximate surface area is 180 Å². The third-order valence-corrected chi connectivity index (χ3v) is 4.73. The third kappa shape index (κ3) is 6.29. The summed E-state index contributed by atoms with van der Waals surface area (Å²) in [6.07, 6.45) is 1.02. The van der Waals surface area contributed by atoms with E-state index < -0.39 is 0 Å². The molecule has 0 radical (unpaired) electrons. The van der Waals surface area contributed by atoms with Gasteiger partial charge in [0.2, 0.25) is 5.91 Å². The molecule has 3 aromatic rings. The first-order valence-corrected chi connectivity index (χ1v) is 9.93. The molecule has 0 unspecified atom stereocenters. The average Bonchev–Trinajstić information content (AvgIpc) is 2.77. The van der Waals surface area contributed by atoms with Crippen molar-refractivity contribution in [3.63, 3.8) is 0 Å². The SMILES string of the molecule is C/C(=N/NC(=O)CCc1ccccc1)c1cccc(NC(=O)c2ccc(Cl)cc2)c1. The second kappa shape index (κ2) is 10.4. The quantitative estimate of drug-likeness (QED) is 0.414. The van der Waals surface area contributed by atoms with Crippen LogP contribution in [0.3, 0.4) is 0 Å². The van der Waals surface area contributed by atoms with E-state index in [0.717, 1.165) is 11.1 Å². The molecule has 0 atom stereocenters. The van der Waals surface area contributed by atoms with Crippen molar-refractivity contribution in [3.8, 4) is 0 Å². The van der Waals surface area contributed by atoms with E-state index in [-0.39, 0.29) is 11.8 Å². The first-order chi connectivity index (χ1) is 14.5. The van der Waals surface area contributed by atoms with Gasteiger partial charge in [0.05, 0.1) is 5.71 Å². The van der Waals surface area contributed by atoms with Crippen molar-refractivity contribution in [2.75, 3.05) is 5.32 Å². The molecule has 0 aromatic heterocycles. The van der Waals surface area contributed by atoms with Gasteiger partial charge >= 0.3 is 0 Å². The van der Waals surface area contributed by atoms with Gasteiger partial charge in [-0.3, -0.25) is 9.59 Å². The molecule has 2 amide bonds. The van der Waals surface area contributed by atoms with Gasteiger partial charge in [-0.15, -0.1) is 0 Å². The number of nitrogens with zero attached hydrogens (tertiary/aromatic N) is 1. The molecule has 2 N–H and O–H groups in total. The molecule has 3 aromatic carbocycles. The van der Waals surface area contributed by atoms with Crippen molar-refractivity contribution in [2.24, 2.45) is 5.10 Å². The van der Waals surface area contributed by atoms with Crippen LogP contribution in [-0.4, -0.2) is 17.5 Å². The zero-order valence-corrected chi connectivity index (χ0v) is 17.3. The first kappa shape index (κ1) is 21.3. The van der Waals surface area contributed by atoms with Gasteiger partial charge in [0.1, 0.15) is 0 Å².